The number of hydrogen-bond acceptors (Lipinski definition) is 2. The van der Waals surface area contributed by atoms with E-state index >= 15 is 0 Å². The van der Waals surface area contributed by atoms with Crippen LogP contribution < -0.4 is 5.73 Å². The van der Waals surface area contributed by atoms with Crippen molar-refractivity contribution in [1.29, 1.82) is 0 Å². The Bertz CT molecular complexity index is 329. The second-order valence-electron chi connectivity index (χ2n) is 5.21. The molecule has 1 saturated heterocycles. The second-order valence-corrected chi connectivity index (χ2v) is 5.21. The predicted molar refractivity (Wildman–Crippen MR) is 69.2 cm³/mol. The summed E-state index contributed by atoms with van der Waals surface area (Å²) in [6.45, 7) is 7.03. The van der Waals surface area contributed by atoms with Gasteiger partial charge in [-0.3, -0.25) is 4.90 Å². The van der Waals surface area contributed by atoms with Crippen molar-refractivity contribution in [3.05, 3.63) is 29.8 Å². The molecule has 1 unspecified atom stereocenters. The largest absolute Gasteiger partial charge is 0.399 e. The fourth-order valence-corrected chi connectivity index (χ4v) is 2.61. The van der Waals surface area contributed by atoms with Crippen LogP contribution in [-0.2, 0) is 0 Å². The van der Waals surface area contributed by atoms with Gasteiger partial charge in [-0.1, -0.05) is 26.0 Å². The molecule has 1 aliphatic rings. The maximum Gasteiger partial charge on any atom is 0.0348 e. The molecule has 1 atom stereocenters. The van der Waals surface area contributed by atoms with E-state index in [4.69, 9.17) is 5.73 Å². The highest BCUT2D eigenvalue weighted by molar-refractivity contribution is 5.40. The van der Waals surface area contributed by atoms with Crippen LogP contribution in [0.1, 0.15) is 38.3 Å². The van der Waals surface area contributed by atoms with Gasteiger partial charge in [0.25, 0.3) is 0 Å². The second kappa shape index (κ2) is 4.88. The SMILES string of the molecule is CC(C)CN1CCCC1c1ccc(N)cc1. The van der Waals surface area contributed by atoms with Crippen LogP contribution in [0.15, 0.2) is 24.3 Å². The third-order valence-corrected chi connectivity index (χ3v) is 3.28. The zero-order valence-electron chi connectivity index (χ0n) is 10.3. The van der Waals surface area contributed by atoms with E-state index in [0.29, 0.717) is 6.04 Å². The lowest BCUT2D eigenvalue weighted by atomic mass is 10.0. The van der Waals surface area contributed by atoms with Gasteiger partial charge in [-0.25, -0.2) is 0 Å². The zero-order chi connectivity index (χ0) is 11.5. The average molecular weight is 218 g/mol. The predicted octanol–water partition coefficient (Wildman–Crippen LogP) is 3.06. The van der Waals surface area contributed by atoms with Crippen molar-refractivity contribution in [2.45, 2.75) is 32.7 Å². The Morgan fingerprint density at radius 3 is 2.62 bits per heavy atom. The third-order valence-electron chi connectivity index (χ3n) is 3.28. The van der Waals surface area contributed by atoms with Crippen molar-refractivity contribution in [1.82, 2.24) is 4.90 Å². The smallest absolute Gasteiger partial charge is 0.0348 e. The number of nitrogens with zero attached hydrogens (tertiary/aromatic N) is 1. The van der Waals surface area contributed by atoms with Crippen LogP contribution >= 0.6 is 0 Å². The number of nitrogens with two attached hydrogens (primary N) is 1. The number of nitrogen functional groups attached to an aromatic ring is 1. The van der Waals surface area contributed by atoms with Crippen molar-refractivity contribution in [2.75, 3.05) is 18.8 Å². The van der Waals surface area contributed by atoms with Gasteiger partial charge in [0.15, 0.2) is 0 Å². The standard InChI is InChI=1S/C14H22N2/c1-11(2)10-16-9-3-4-14(16)12-5-7-13(15)8-6-12/h5-8,11,14H,3-4,9-10,15H2,1-2H3. The number of hydrogen-bond donors (Lipinski definition) is 1. The van der Waals surface area contributed by atoms with Crippen LogP contribution in [0.3, 0.4) is 0 Å². The highest BCUT2D eigenvalue weighted by Gasteiger charge is 2.25. The van der Waals surface area contributed by atoms with E-state index in [2.05, 4.69) is 30.9 Å². The molecule has 1 aliphatic heterocycles. The molecule has 88 valence electrons. The van der Waals surface area contributed by atoms with Gasteiger partial charge in [0, 0.05) is 18.3 Å². The number of rotatable bonds is 3. The fraction of sp³-hybridized carbons (Fsp3) is 0.571. The summed E-state index contributed by atoms with van der Waals surface area (Å²) < 4.78 is 0. The Kier molecular flexibility index (Phi) is 3.49. The summed E-state index contributed by atoms with van der Waals surface area (Å²) in [5, 5.41) is 0. The van der Waals surface area contributed by atoms with Gasteiger partial charge in [0.1, 0.15) is 0 Å². The summed E-state index contributed by atoms with van der Waals surface area (Å²) in [5.74, 6) is 0.745. The van der Waals surface area contributed by atoms with Gasteiger partial charge < -0.3 is 5.73 Å². The highest BCUT2D eigenvalue weighted by atomic mass is 15.2. The molecular weight excluding hydrogens is 196 g/mol. The number of anilines is 1. The number of benzene rings is 1. The lowest BCUT2D eigenvalue weighted by molar-refractivity contribution is 0.229. The molecule has 2 nitrogen and oxygen atoms in total. The summed E-state index contributed by atoms with van der Waals surface area (Å²) in [4.78, 5) is 2.61. The van der Waals surface area contributed by atoms with E-state index in [1.165, 1.54) is 31.5 Å². The summed E-state index contributed by atoms with van der Waals surface area (Å²) >= 11 is 0. The molecule has 1 aromatic rings. The lowest BCUT2D eigenvalue weighted by Crippen LogP contribution is -2.27. The van der Waals surface area contributed by atoms with E-state index < -0.39 is 0 Å². The van der Waals surface area contributed by atoms with Crippen LogP contribution in [0.5, 0.6) is 0 Å². The van der Waals surface area contributed by atoms with Crippen LogP contribution in [0.2, 0.25) is 0 Å². The van der Waals surface area contributed by atoms with Crippen LogP contribution in [-0.4, -0.2) is 18.0 Å². The molecule has 2 N–H and O–H groups in total. The van der Waals surface area contributed by atoms with E-state index in [1.54, 1.807) is 0 Å². The molecule has 0 amide bonds. The molecule has 16 heavy (non-hydrogen) atoms. The van der Waals surface area contributed by atoms with Crippen LogP contribution in [0, 0.1) is 5.92 Å². The molecule has 1 fully saturated rings. The molecule has 1 heterocycles. The highest BCUT2D eigenvalue weighted by Crippen LogP contribution is 2.32. The zero-order valence-corrected chi connectivity index (χ0v) is 10.3. The van der Waals surface area contributed by atoms with E-state index in [1.807, 2.05) is 12.1 Å². The molecule has 2 heteroatoms. The minimum absolute atomic E-state index is 0.614. The van der Waals surface area contributed by atoms with Gasteiger partial charge in [-0.2, -0.15) is 0 Å². The quantitative estimate of drug-likeness (QED) is 0.790. The molecule has 2 rings (SSSR count). The Morgan fingerprint density at radius 1 is 1.31 bits per heavy atom. The first kappa shape index (κ1) is 11.5. The summed E-state index contributed by atoms with van der Waals surface area (Å²) in [6.07, 6.45) is 2.61. The molecular formula is C14H22N2. The van der Waals surface area contributed by atoms with Crippen molar-refractivity contribution in [2.24, 2.45) is 5.92 Å². The van der Waals surface area contributed by atoms with Gasteiger partial charge >= 0.3 is 0 Å². The molecule has 0 radical (unpaired) electrons. The first-order chi connectivity index (χ1) is 7.66. The van der Waals surface area contributed by atoms with E-state index in [9.17, 15) is 0 Å². The maximum atomic E-state index is 5.73. The minimum Gasteiger partial charge on any atom is -0.399 e. The van der Waals surface area contributed by atoms with Crippen molar-refractivity contribution in [3.8, 4) is 0 Å². The van der Waals surface area contributed by atoms with Gasteiger partial charge in [0.2, 0.25) is 0 Å². The van der Waals surface area contributed by atoms with E-state index in [-0.39, 0.29) is 0 Å². The van der Waals surface area contributed by atoms with Crippen molar-refractivity contribution in [3.63, 3.8) is 0 Å². The molecule has 0 aliphatic carbocycles. The van der Waals surface area contributed by atoms with Gasteiger partial charge in [-0.05, 0) is 43.0 Å². The van der Waals surface area contributed by atoms with E-state index in [0.717, 1.165) is 11.6 Å². The first-order valence-corrected chi connectivity index (χ1v) is 6.26. The minimum atomic E-state index is 0.614. The first-order valence-electron chi connectivity index (χ1n) is 6.26. The summed E-state index contributed by atoms with van der Waals surface area (Å²) in [7, 11) is 0. The molecule has 0 saturated carbocycles. The van der Waals surface area contributed by atoms with Crippen molar-refractivity contribution >= 4 is 5.69 Å². The third kappa shape index (κ3) is 2.56. The van der Waals surface area contributed by atoms with Gasteiger partial charge in [-0.15, -0.1) is 0 Å². The van der Waals surface area contributed by atoms with Gasteiger partial charge in [0.05, 0.1) is 0 Å². The lowest BCUT2D eigenvalue weighted by Gasteiger charge is -2.26. The molecule has 0 spiro atoms. The fourth-order valence-electron chi connectivity index (χ4n) is 2.61. The topological polar surface area (TPSA) is 29.3 Å². The summed E-state index contributed by atoms with van der Waals surface area (Å²) in [5.41, 5.74) is 8.01. The Hall–Kier alpha value is -1.02. The van der Waals surface area contributed by atoms with Crippen molar-refractivity contribution < 1.29 is 0 Å². The number of likely N-dealkylation sites (tertiary alicyclic amines) is 1. The maximum absolute atomic E-state index is 5.73. The average Bonchev–Trinajstić information content (AvgIpc) is 2.66. The normalized spacial score (nSPS) is 21.8. The monoisotopic (exact) mass is 218 g/mol. The van der Waals surface area contributed by atoms with Crippen LogP contribution in [0.25, 0.3) is 0 Å². The Labute approximate surface area is 98.4 Å². The van der Waals surface area contributed by atoms with Crippen LogP contribution in [0.4, 0.5) is 5.69 Å². The summed E-state index contributed by atoms with van der Waals surface area (Å²) in [6, 6.07) is 9.00. The Morgan fingerprint density at radius 2 is 2.00 bits per heavy atom. The molecule has 0 bridgehead atoms. The molecule has 1 aromatic carbocycles. The molecule has 0 aromatic heterocycles. The Balaban J connectivity index is 2.10.